The van der Waals surface area contributed by atoms with E-state index in [2.05, 4.69) is 0 Å². The van der Waals surface area contributed by atoms with Crippen LogP contribution in [0.5, 0.6) is 5.75 Å². The maximum Gasteiger partial charge on any atom is 0.190 e. The van der Waals surface area contributed by atoms with E-state index in [9.17, 15) is 22.0 Å². The van der Waals surface area contributed by atoms with Crippen LogP contribution in [-0.2, 0) is 32.1 Å². The minimum Gasteiger partial charge on any atom is -0.488 e. The number of aryl methyl sites for hydroxylation is 4. The molecular formula is C27H27F5O. The lowest BCUT2D eigenvalue weighted by atomic mass is 9.98. The van der Waals surface area contributed by atoms with Crippen LogP contribution in [0.1, 0.15) is 48.1 Å². The molecule has 0 saturated heterocycles. The summed E-state index contributed by atoms with van der Waals surface area (Å²) in [4.78, 5) is 0. The minimum atomic E-state index is -0.849. The van der Waals surface area contributed by atoms with Gasteiger partial charge in [0.25, 0.3) is 0 Å². The molecule has 0 atom stereocenters. The third kappa shape index (κ3) is 6.34. The summed E-state index contributed by atoms with van der Waals surface area (Å²) < 4.78 is 76.4. The second kappa shape index (κ2) is 11.3. The SMILES string of the molecule is CCCc1ccc(CCc2cc(F)c(CCc3cc(F)c(OCC)c(F)c3)c(F)c2)c(F)c1. The summed E-state index contributed by atoms with van der Waals surface area (Å²) in [6.07, 6.45) is 2.33. The molecule has 1 nitrogen and oxygen atoms in total. The van der Waals surface area contributed by atoms with Crippen LogP contribution in [0, 0.1) is 29.1 Å². The van der Waals surface area contributed by atoms with E-state index in [-0.39, 0.29) is 42.8 Å². The second-order valence-electron chi connectivity index (χ2n) is 8.04. The van der Waals surface area contributed by atoms with E-state index in [1.54, 1.807) is 13.0 Å². The maximum absolute atomic E-state index is 14.6. The maximum atomic E-state index is 14.6. The van der Waals surface area contributed by atoms with Crippen molar-refractivity contribution in [2.75, 3.05) is 6.61 Å². The highest BCUT2D eigenvalue weighted by Gasteiger charge is 2.15. The third-order valence-corrected chi connectivity index (χ3v) is 5.55. The van der Waals surface area contributed by atoms with Crippen LogP contribution < -0.4 is 4.74 Å². The van der Waals surface area contributed by atoms with Crippen molar-refractivity contribution < 1.29 is 26.7 Å². The third-order valence-electron chi connectivity index (χ3n) is 5.55. The summed E-state index contributed by atoms with van der Waals surface area (Å²) >= 11 is 0. The average Bonchev–Trinajstić information content (AvgIpc) is 2.75. The summed E-state index contributed by atoms with van der Waals surface area (Å²) in [6.45, 7) is 3.75. The zero-order valence-corrected chi connectivity index (χ0v) is 18.8. The average molecular weight is 463 g/mol. The summed E-state index contributed by atoms with van der Waals surface area (Å²) in [7, 11) is 0. The van der Waals surface area contributed by atoms with Gasteiger partial charge < -0.3 is 4.74 Å². The predicted octanol–water partition coefficient (Wildman–Crippen LogP) is 7.30. The molecule has 0 aliphatic carbocycles. The van der Waals surface area contributed by atoms with Gasteiger partial charge >= 0.3 is 0 Å². The fourth-order valence-corrected chi connectivity index (χ4v) is 3.86. The zero-order chi connectivity index (χ0) is 24.0. The lowest BCUT2D eigenvalue weighted by molar-refractivity contribution is 0.302. The molecule has 0 bridgehead atoms. The van der Waals surface area contributed by atoms with Crippen molar-refractivity contribution >= 4 is 0 Å². The number of halogens is 5. The lowest BCUT2D eigenvalue weighted by Crippen LogP contribution is -2.04. The van der Waals surface area contributed by atoms with E-state index in [1.165, 1.54) is 18.2 Å². The quantitative estimate of drug-likeness (QED) is 0.287. The molecule has 3 rings (SSSR count). The predicted molar refractivity (Wildman–Crippen MR) is 119 cm³/mol. The topological polar surface area (TPSA) is 9.23 Å². The summed E-state index contributed by atoms with van der Waals surface area (Å²) in [5.41, 5.74) is 1.97. The number of rotatable bonds is 10. The van der Waals surface area contributed by atoms with Crippen LogP contribution in [-0.4, -0.2) is 6.61 Å². The molecule has 3 aromatic carbocycles. The molecule has 0 N–H and O–H groups in total. The Morgan fingerprint density at radius 1 is 0.576 bits per heavy atom. The molecule has 0 saturated carbocycles. The molecule has 0 spiro atoms. The first kappa shape index (κ1) is 24.7. The van der Waals surface area contributed by atoms with E-state index in [0.717, 1.165) is 30.5 Å². The van der Waals surface area contributed by atoms with Crippen LogP contribution >= 0.6 is 0 Å². The number of benzene rings is 3. The highest BCUT2D eigenvalue weighted by Crippen LogP contribution is 2.25. The van der Waals surface area contributed by atoms with Gasteiger partial charge in [0.1, 0.15) is 17.5 Å². The van der Waals surface area contributed by atoms with Gasteiger partial charge in [0.2, 0.25) is 0 Å². The van der Waals surface area contributed by atoms with Crippen molar-refractivity contribution in [3.05, 3.63) is 99.4 Å². The fourth-order valence-electron chi connectivity index (χ4n) is 3.86. The molecule has 0 fully saturated rings. The molecule has 0 unspecified atom stereocenters. The van der Waals surface area contributed by atoms with Crippen molar-refractivity contribution in [2.24, 2.45) is 0 Å². The monoisotopic (exact) mass is 462 g/mol. The molecule has 176 valence electrons. The van der Waals surface area contributed by atoms with E-state index in [1.807, 2.05) is 13.0 Å². The van der Waals surface area contributed by atoms with Gasteiger partial charge in [-0.2, -0.15) is 0 Å². The molecule has 0 aliphatic heterocycles. The second-order valence-corrected chi connectivity index (χ2v) is 8.04. The number of ether oxygens (including phenoxy) is 1. The Hall–Kier alpha value is -2.89. The van der Waals surface area contributed by atoms with Crippen LogP contribution in [0.2, 0.25) is 0 Å². The first-order valence-electron chi connectivity index (χ1n) is 11.2. The molecular weight excluding hydrogens is 435 g/mol. The van der Waals surface area contributed by atoms with Gasteiger partial charge in [-0.05, 0) is 91.6 Å². The molecule has 0 radical (unpaired) electrons. The van der Waals surface area contributed by atoms with Crippen molar-refractivity contribution in [2.45, 2.75) is 52.4 Å². The summed E-state index contributed by atoms with van der Waals surface area (Å²) in [6, 6.07) is 9.80. The Morgan fingerprint density at radius 3 is 1.67 bits per heavy atom. The van der Waals surface area contributed by atoms with Crippen LogP contribution in [0.15, 0.2) is 42.5 Å². The Morgan fingerprint density at radius 2 is 1.12 bits per heavy atom. The van der Waals surface area contributed by atoms with Crippen LogP contribution in [0.25, 0.3) is 0 Å². The number of hydrogen-bond donors (Lipinski definition) is 0. The first-order valence-corrected chi connectivity index (χ1v) is 11.2. The van der Waals surface area contributed by atoms with Gasteiger partial charge in [-0.1, -0.05) is 25.5 Å². The molecule has 33 heavy (non-hydrogen) atoms. The van der Waals surface area contributed by atoms with Crippen molar-refractivity contribution in [3.8, 4) is 5.75 Å². The largest absolute Gasteiger partial charge is 0.488 e. The Labute approximate surface area is 191 Å². The molecule has 0 aromatic heterocycles. The lowest BCUT2D eigenvalue weighted by Gasteiger charge is -2.11. The highest BCUT2D eigenvalue weighted by atomic mass is 19.1. The van der Waals surface area contributed by atoms with Crippen LogP contribution in [0.4, 0.5) is 22.0 Å². The Balaban J connectivity index is 1.67. The van der Waals surface area contributed by atoms with Gasteiger partial charge in [-0.15, -0.1) is 0 Å². The molecule has 6 heteroatoms. The molecule has 0 heterocycles. The molecule has 0 aliphatic rings. The number of hydrogen-bond acceptors (Lipinski definition) is 1. The van der Waals surface area contributed by atoms with Crippen molar-refractivity contribution in [1.82, 2.24) is 0 Å². The Kier molecular flexibility index (Phi) is 8.48. The highest BCUT2D eigenvalue weighted by molar-refractivity contribution is 5.33. The normalized spacial score (nSPS) is 11.1. The van der Waals surface area contributed by atoms with Gasteiger partial charge in [0, 0.05) is 5.56 Å². The van der Waals surface area contributed by atoms with Crippen LogP contribution in [0.3, 0.4) is 0 Å². The minimum absolute atomic E-state index is 0.0572. The summed E-state index contributed by atoms with van der Waals surface area (Å²) in [5, 5.41) is 0. The Bertz CT molecular complexity index is 1060. The van der Waals surface area contributed by atoms with Crippen molar-refractivity contribution in [3.63, 3.8) is 0 Å². The van der Waals surface area contributed by atoms with E-state index < -0.39 is 29.0 Å². The molecule has 3 aromatic rings. The standard InChI is InChI=1S/C27H27F5O/c1-3-5-17-6-9-20(22(28)12-17)10-7-18-13-23(29)21(24(30)14-18)11-8-19-15-25(31)27(33-4-2)26(32)16-19/h6,9,12-16H,3-5,7-8,10-11H2,1-2H3. The summed E-state index contributed by atoms with van der Waals surface area (Å²) in [5.74, 6) is -3.92. The van der Waals surface area contributed by atoms with Gasteiger partial charge in [0.15, 0.2) is 17.4 Å². The van der Waals surface area contributed by atoms with Gasteiger partial charge in [0.05, 0.1) is 6.61 Å². The van der Waals surface area contributed by atoms with Crippen molar-refractivity contribution in [1.29, 1.82) is 0 Å². The smallest absolute Gasteiger partial charge is 0.190 e. The first-order chi connectivity index (χ1) is 15.8. The van der Waals surface area contributed by atoms with E-state index >= 15 is 0 Å². The molecule has 0 amide bonds. The zero-order valence-electron chi connectivity index (χ0n) is 18.8. The fraction of sp³-hybridized carbons (Fsp3) is 0.333. The van der Waals surface area contributed by atoms with Gasteiger partial charge in [-0.25, -0.2) is 22.0 Å². The van der Waals surface area contributed by atoms with E-state index in [4.69, 9.17) is 4.74 Å². The van der Waals surface area contributed by atoms with E-state index in [0.29, 0.717) is 17.5 Å². The van der Waals surface area contributed by atoms with Gasteiger partial charge in [-0.3, -0.25) is 0 Å².